The van der Waals surface area contributed by atoms with Crippen molar-refractivity contribution in [3.63, 3.8) is 0 Å². The van der Waals surface area contributed by atoms with Crippen LogP contribution in [0, 0.1) is 23.7 Å². The lowest BCUT2D eigenvalue weighted by Gasteiger charge is -2.37. The fraction of sp³-hybridized carbons (Fsp3) is 0.421. The van der Waals surface area contributed by atoms with Crippen LogP contribution in [0.1, 0.15) is 18.4 Å². The van der Waals surface area contributed by atoms with E-state index in [1.165, 1.54) is 6.21 Å². The second-order valence-electron chi connectivity index (χ2n) is 6.68. The van der Waals surface area contributed by atoms with Crippen molar-refractivity contribution < 1.29 is 19.1 Å². The summed E-state index contributed by atoms with van der Waals surface area (Å²) < 4.78 is 10.5. The quantitative estimate of drug-likeness (QED) is 0.479. The van der Waals surface area contributed by atoms with Crippen LogP contribution in [0.25, 0.3) is 0 Å². The lowest BCUT2D eigenvalue weighted by molar-refractivity contribution is -0.140. The number of rotatable bonds is 4. The van der Waals surface area contributed by atoms with E-state index < -0.39 is 0 Å². The van der Waals surface area contributed by atoms with Gasteiger partial charge in [-0.3, -0.25) is 9.59 Å². The Morgan fingerprint density at radius 3 is 2.20 bits per heavy atom. The molecule has 2 amide bonds. The van der Waals surface area contributed by atoms with Gasteiger partial charge in [-0.05, 0) is 42.9 Å². The van der Waals surface area contributed by atoms with E-state index in [-0.39, 0.29) is 35.5 Å². The highest BCUT2D eigenvalue weighted by Gasteiger charge is 2.56. The smallest absolute Gasteiger partial charge is 0.254 e. The molecule has 1 saturated carbocycles. The Bertz CT molecular complexity index is 754. The summed E-state index contributed by atoms with van der Waals surface area (Å²) in [4.78, 5) is 25.5. The van der Waals surface area contributed by atoms with Gasteiger partial charge in [-0.1, -0.05) is 12.2 Å². The van der Waals surface area contributed by atoms with Crippen molar-refractivity contribution in [2.75, 3.05) is 14.2 Å². The van der Waals surface area contributed by atoms with Crippen LogP contribution in [-0.4, -0.2) is 37.3 Å². The van der Waals surface area contributed by atoms with Crippen molar-refractivity contribution in [3.8, 4) is 11.5 Å². The van der Waals surface area contributed by atoms with Gasteiger partial charge in [-0.2, -0.15) is 10.1 Å². The molecule has 6 heteroatoms. The molecule has 1 aromatic rings. The van der Waals surface area contributed by atoms with Gasteiger partial charge >= 0.3 is 0 Å². The molecule has 25 heavy (non-hydrogen) atoms. The number of carbonyl (C=O) groups excluding carboxylic acids is 2. The number of ether oxygens (including phenoxy) is 2. The van der Waals surface area contributed by atoms with Crippen LogP contribution in [0.15, 0.2) is 35.5 Å². The highest BCUT2D eigenvalue weighted by molar-refractivity contribution is 6.06. The summed E-state index contributed by atoms with van der Waals surface area (Å²) in [5.41, 5.74) is 0.651. The zero-order valence-electron chi connectivity index (χ0n) is 14.2. The zero-order valence-corrected chi connectivity index (χ0v) is 14.2. The third kappa shape index (κ3) is 2.44. The van der Waals surface area contributed by atoms with Crippen LogP contribution in [0.2, 0.25) is 0 Å². The van der Waals surface area contributed by atoms with Gasteiger partial charge in [0.25, 0.3) is 11.8 Å². The predicted molar refractivity (Wildman–Crippen MR) is 91.3 cm³/mol. The Morgan fingerprint density at radius 2 is 1.68 bits per heavy atom. The maximum absolute atomic E-state index is 12.7. The molecule has 130 valence electrons. The number of amides is 2. The van der Waals surface area contributed by atoms with E-state index in [2.05, 4.69) is 17.3 Å². The lowest BCUT2D eigenvalue weighted by Crippen LogP contribution is -2.38. The molecule has 0 N–H and O–H groups in total. The Hall–Kier alpha value is -2.63. The highest BCUT2D eigenvalue weighted by atomic mass is 16.5. The second kappa shape index (κ2) is 6.02. The van der Waals surface area contributed by atoms with Gasteiger partial charge in [-0.25, -0.2) is 0 Å². The number of hydrogen-bond acceptors (Lipinski definition) is 5. The molecule has 2 bridgehead atoms. The second-order valence-corrected chi connectivity index (χ2v) is 6.68. The molecule has 3 aliphatic carbocycles. The maximum atomic E-state index is 12.7. The molecule has 1 saturated heterocycles. The number of nitrogens with zero attached hydrogens (tertiary/aromatic N) is 2. The maximum Gasteiger partial charge on any atom is 0.254 e. The lowest BCUT2D eigenvalue weighted by atomic mass is 9.63. The first kappa shape index (κ1) is 15.9. The standard InChI is InChI=1S/C19H20N2O4/c1-24-14-7-8-15(25-2)13(9-14)10-20-21-18(22)16-11-3-4-12(6-5-11)17(16)19(21)23/h3-4,7-12,16-17H,5-6H2,1-2H3/b20-10-/t11-,12-,16-,17-/m1/s1. The van der Waals surface area contributed by atoms with E-state index in [1.54, 1.807) is 32.4 Å². The predicted octanol–water partition coefficient (Wildman–Crippen LogP) is 2.23. The monoisotopic (exact) mass is 340 g/mol. The minimum atomic E-state index is -0.249. The number of benzene rings is 1. The average molecular weight is 340 g/mol. The normalized spacial score (nSPS) is 30.2. The molecule has 0 radical (unpaired) electrons. The van der Waals surface area contributed by atoms with Crippen molar-refractivity contribution >= 4 is 18.0 Å². The van der Waals surface area contributed by atoms with Crippen LogP contribution in [0.3, 0.4) is 0 Å². The van der Waals surface area contributed by atoms with E-state index in [9.17, 15) is 9.59 Å². The van der Waals surface area contributed by atoms with Gasteiger partial charge < -0.3 is 9.47 Å². The minimum absolute atomic E-state index is 0.165. The topological polar surface area (TPSA) is 68.2 Å². The molecule has 1 aliphatic heterocycles. The van der Waals surface area contributed by atoms with Crippen LogP contribution in [-0.2, 0) is 9.59 Å². The SMILES string of the molecule is COc1ccc(OC)c(/C=N\N2C(=O)[C@H]3[C@H](C2=O)[C@@H]2C=C[C@@H]3CC2)c1. The number of fused-ring (bicyclic) bond motifs is 1. The van der Waals surface area contributed by atoms with Crippen molar-refractivity contribution in [3.05, 3.63) is 35.9 Å². The largest absolute Gasteiger partial charge is 0.497 e. The molecule has 6 nitrogen and oxygen atoms in total. The molecule has 5 rings (SSSR count). The van der Waals surface area contributed by atoms with Gasteiger partial charge in [0.15, 0.2) is 0 Å². The Morgan fingerprint density at radius 1 is 1.04 bits per heavy atom. The number of allylic oxidation sites excluding steroid dienone is 2. The number of hydrogen-bond donors (Lipinski definition) is 0. The van der Waals surface area contributed by atoms with Crippen molar-refractivity contribution in [2.45, 2.75) is 12.8 Å². The molecule has 4 atom stereocenters. The Balaban J connectivity index is 1.63. The van der Waals surface area contributed by atoms with E-state index >= 15 is 0 Å². The minimum Gasteiger partial charge on any atom is -0.497 e. The van der Waals surface area contributed by atoms with Gasteiger partial charge in [0.2, 0.25) is 0 Å². The van der Waals surface area contributed by atoms with E-state index in [1.807, 2.05) is 0 Å². The summed E-state index contributed by atoms with van der Waals surface area (Å²) in [5.74, 6) is 0.705. The van der Waals surface area contributed by atoms with Crippen LogP contribution >= 0.6 is 0 Å². The van der Waals surface area contributed by atoms with Gasteiger partial charge in [0, 0.05) is 5.56 Å². The van der Waals surface area contributed by atoms with Gasteiger partial charge in [-0.15, -0.1) is 0 Å². The Kier molecular flexibility index (Phi) is 3.82. The molecule has 0 unspecified atom stereocenters. The fourth-order valence-electron chi connectivity index (χ4n) is 4.23. The van der Waals surface area contributed by atoms with Gasteiger partial charge in [0.1, 0.15) is 11.5 Å². The number of carbonyl (C=O) groups is 2. The average Bonchev–Trinajstić information content (AvgIpc) is 2.93. The summed E-state index contributed by atoms with van der Waals surface area (Å²) in [6.45, 7) is 0. The molecule has 4 aliphatic rings. The molecular formula is C19H20N2O4. The number of hydrazone groups is 1. The van der Waals surface area contributed by atoms with Crippen LogP contribution < -0.4 is 9.47 Å². The summed E-state index contributed by atoms with van der Waals surface area (Å²) in [6.07, 6.45) is 7.63. The summed E-state index contributed by atoms with van der Waals surface area (Å²) in [6, 6.07) is 5.30. The summed E-state index contributed by atoms with van der Waals surface area (Å²) in [7, 11) is 3.13. The molecule has 0 spiro atoms. The third-order valence-corrected chi connectivity index (χ3v) is 5.49. The summed E-state index contributed by atoms with van der Waals surface area (Å²) in [5, 5.41) is 5.25. The third-order valence-electron chi connectivity index (χ3n) is 5.49. The zero-order chi connectivity index (χ0) is 17.6. The van der Waals surface area contributed by atoms with Crippen molar-refractivity contribution in [1.82, 2.24) is 5.01 Å². The molecule has 2 fully saturated rings. The van der Waals surface area contributed by atoms with Crippen molar-refractivity contribution in [1.29, 1.82) is 0 Å². The van der Waals surface area contributed by atoms with E-state index in [4.69, 9.17) is 9.47 Å². The first-order chi connectivity index (χ1) is 12.1. The van der Waals surface area contributed by atoms with E-state index in [0.717, 1.165) is 17.9 Å². The molecule has 1 heterocycles. The van der Waals surface area contributed by atoms with Crippen LogP contribution in [0.4, 0.5) is 0 Å². The Labute approximate surface area is 146 Å². The van der Waals surface area contributed by atoms with E-state index in [0.29, 0.717) is 17.1 Å². The first-order valence-electron chi connectivity index (χ1n) is 8.46. The first-order valence-corrected chi connectivity index (χ1v) is 8.46. The number of methoxy groups -OCH3 is 2. The van der Waals surface area contributed by atoms with Gasteiger partial charge in [0.05, 0.1) is 32.3 Å². The molecule has 0 aromatic heterocycles. The number of imide groups is 1. The molecular weight excluding hydrogens is 320 g/mol. The summed E-state index contributed by atoms with van der Waals surface area (Å²) >= 11 is 0. The molecule has 1 aromatic carbocycles. The highest BCUT2D eigenvalue weighted by Crippen LogP contribution is 2.49. The fourth-order valence-corrected chi connectivity index (χ4v) is 4.23. The van der Waals surface area contributed by atoms with Crippen molar-refractivity contribution in [2.24, 2.45) is 28.8 Å². The van der Waals surface area contributed by atoms with Crippen LogP contribution in [0.5, 0.6) is 11.5 Å².